The number of nitrogens with one attached hydrogen (secondary N) is 2. The Hall–Kier alpha value is -2.18. The van der Waals surface area contributed by atoms with E-state index < -0.39 is 0 Å². The summed E-state index contributed by atoms with van der Waals surface area (Å²) in [5.41, 5.74) is 0.282. The highest BCUT2D eigenvalue weighted by molar-refractivity contribution is 5.93. The number of amides is 1. The summed E-state index contributed by atoms with van der Waals surface area (Å²) < 4.78 is 4.97. The van der Waals surface area contributed by atoms with Gasteiger partial charge in [0, 0.05) is 0 Å². The lowest BCUT2D eigenvalue weighted by Crippen LogP contribution is -2.28. The number of carbonyl (C=O) groups excluding carboxylic acids is 1. The van der Waals surface area contributed by atoms with Gasteiger partial charge in [-0.2, -0.15) is 5.10 Å². The molecule has 1 unspecified atom stereocenters. The normalized spacial score (nSPS) is 12.4. The Labute approximate surface area is 97.7 Å². The van der Waals surface area contributed by atoms with Crippen molar-refractivity contribution in [1.29, 1.82) is 0 Å². The average molecular weight is 235 g/mol. The second-order valence-corrected chi connectivity index (χ2v) is 3.73. The molecule has 0 aliphatic rings. The van der Waals surface area contributed by atoms with E-state index in [2.05, 4.69) is 25.5 Å². The Morgan fingerprint density at radius 3 is 2.82 bits per heavy atom. The Morgan fingerprint density at radius 2 is 2.29 bits per heavy atom. The summed E-state index contributed by atoms with van der Waals surface area (Å²) in [6.07, 6.45) is 1.24. The number of hydrogen-bond acceptors (Lipinski definition) is 5. The zero-order chi connectivity index (χ0) is 12.4. The van der Waals surface area contributed by atoms with E-state index in [1.54, 1.807) is 20.8 Å². The molecule has 2 aromatic heterocycles. The molecule has 2 heterocycles. The number of nitrogens with zero attached hydrogens (tertiary/aromatic N) is 3. The van der Waals surface area contributed by atoms with E-state index in [0.717, 1.165) is 0 Å². The first kappa shape index (κ1) is 11.3. The SMILES string of the molecule is Cc1nc(C(C)NC(=O)c2ncoc2C)n[nH]1. The van der Waals surface area contributed by atoms with Crippen molar-refractivity contribution >= 4 is 5.91 Å². The molecule has 0 spiro atoms. The standard InChI is InChI=1S/C10H13N5O2/c1-5(9-13-7(3)14-15-9)12-10(16)8-6(2)17-4-11-8/h4-5H,1-3H3,(H,12,16)(H,13,14,15). The minimum Gasteiger partial charge on any atom is -0.448 e. The van der Waals surface area contributed by atoms with Gasteiger partial charge in [0.05, 0.1) is 6.04 Å². The first-order chi connectivity index (χ1) is 8.08. The van der Waals surface area contributed by atoms with Crippen LogP contribution in [-0.4, -0.2) is 26.1 Å². The Balaban J connectivity index is 2.07. The summed E-state index contributed by atoms with van der Waals surface area (Å²) >= 11 is 0. The zero-order valence-corrected chi connectivity index (χ0v) is 9.81. The Kier molecular flexibility index (Phi) is 2.90. The van der Waals surface area contributed by atoms with Gasteiger partial charge in [-0.15, -0.1) is 0 Å². The third kappa shape index (κ3) is 2.32. The van der Waals surface area contributed by atoms with Gasteiger partial charge < -0.3 is 9.73 Å². The number of aromatic amines is 1. The van der Waals surface area contributed by atoms with Gasteiger partial charge >= 0.3 is 0 Å². The van der Waals surface area contributed by atoms with E-state index in [0.29, 0.717) is 17.4 Å². The maximum Gasteiger partial charge on any atom is 0.274 e. The maximum atomic E-state index is 11.8. The molecule has 0 aliphatic heterocycles. The second-order valence-electron chi connectivity index (χ2n) is 3.73. The predicted octanol–water partition coefficient (Wildman–Crippen LogP) is 0.901. The maximum absolute atomic E-state index is 11.8. The van der Waals surface area contributed by atoms with Crippen LogP contribution in [0.5, 0.6) is 0 Å². The molecule has 7 heteroatoms. The third-order valence-electron chi connectivity index (χ3n) is 2.31. The number of rotatable bonds is 3. The summed E-state index contributed by atoms with van der Waals surface area (Å²) in [6, 6.07) is -0.288. The minimum atomic E-state index is -0.300. The van der Waals surface area contributed by atoms with Gasteiger partial charge in [0.25, 0.3) is 5.91 Å². The predicted molar refractivity (Wildman–Crippen MR) is 58.2 cm³/mol. The Bertz CT molecular complexity index is 530. The van der Waals surface area contributed by atoms with Gasteiger partial charge in [0.15, 0.2) is 17.9 Å². The van der Waals surface area contributed by atoms with Crippen molar-refractivity contribution in [3.63, 3.8) is 0 Å². The number of hydrogen-bond donors (Lipinski definition) is 2. The van der Waals surface area contributed by atoms with Crippen molar-refractivity contribution in [2.24, 2.45) is 0 Å². The molecule has 0 bridgehead atoms. The molecule has 90 valence electrons. The van der Waals surface area contributed by atoms with Crippen LogP contribution in [0.2, 0.25) is 0 Å². The summed E-state index contributed by atoms with van der Waals surface area (Å²) in [4.78, 5) is 19.8. The van der Waals surface area contributed by atoms with Gasteiger partial charge in [-0.05, 0) is 20.8 Å². The summed E-state index contributed by atoms with van der Waals surface area (Å²) in [7, 11) is 0. The summed E-state index contributed by atoms with van der Waals surface area (Å²) in [5, 5.41) is 9.45. The largest absolute Gasteiger partial charge is 0.448 e. The Morgan fingerprint density at radius 1 is 1.53 bits per heavy atom. The monoisotopic (exact) mass is 235 g/mol. The second kappa shape index (κ2) is 4.36. The van der Waals surface area contributed by atoms with Crippen molar-refractivity contribution in [2.45, 2.75) is 26.8 Å². The lowest BCUT2D eigenvalue weighted by molar-refractivity contribution is 0.0932. The molecule has 0 aliphatic carbocycles. The van der Waals surface area contributed by atoms with Crippen LogP contribution < -0.4 is 5.32 Å². The molecule has 0 radical (unpaired) electrons. The van der Waals surface area contributed by atoms with Gasteiger partial charge in [0.1, 0.15) is 11.6 Å². The molecule has 0 saturated heterocycles. The fraction of sp³-hybridized carbons (Fsp3) is 0.400. The fourth-order valence-electron chi connectivity index (χ4n) is 1.41. The van der Waals surface area contributed by atoms with Crippen LogP contribution in [-0.2, 0) is 0 Å². The van der Waals surface area contributed by atoms with Gasteiger partial charge in [0.2, 0.25) is 0 Å². The highest BCUT2D eigenvalue weighted by atomic mass is 16.3. The van der Waals surface area contributed by atoms with Gasteiger partial charge in [-0.25, -0.2) is 9.97 Å². The van der Waals surface area contributed by atoms with E-state index in [1.807, 2.05) is 0 Å². The molecule has 2 rings (SSSR count). The van der Waals surface area contributed by atoms with Crippen molar-refractivity contribution in [1.82, 2.24) is 25.5 Å². The molecular weight excluding hydrogens is 222 g/mol. The van der Waals surface area contributed by atoms with E-state index in [4.69, 9.17) is 4.42 Å². The average Bonchev–Trinajstić information content (AvgIpc) is 2.86. The van der Waals surface area contributed by atoms with E-state index in [1.165, 1.54) is 6.39 Å². The molecule has 7 nitrogen and oxygen atoms in total. The number of aromatic nitrogens is 4. The van der Waals surface area contributed by atoms with Gasteiger partial charge in [-0.1, -0.05) is 0 Å². The molecule has 0 saturated carbocycles. The first-order valence-electron chi connectivity index (χ1n) is 5.17. The van der Waals surface area contributed by atoms with Crippen molar-refractivity contribution in [3.05, 3.63) is 29.5 Å². The van der Waals surface area contributed by atoms with Crippen LogP contribution in [0.4, 0.5) is 0 Å². The molecule has 2 aromatic rings. The fourth-order valence-corrected chi connectivity index (χ4v) is 1.41. The lowest BCUT2D eigenvalue weighted by atomic mass is 10.3. The number of aryl methyl sites for hydroxylation is 2. The van der Waals surface area contributed by atoms with Crippen LogP contribution in [0.1, 0.15) is 40.9 Å². The molecule has 17 heavy (non-hydrogen) atoms. The third-order valence-corrected chi connectivity index (χ3v) is 2.31. The topological polar surface area (TPSA) is 96.7 Å². The van der Waals surface area contributed by atoms with Crippen LogP contribution in [0.15, 0.2) is 10.8 Å². The molecule has 0 fully saturated rings. The van der Waals surface area contributed by atoms with Gasteiger partial charge in [-0.3, -0.25) is 9.89 Å². The number of oxazole rings is 1. The first-order valence-corrected chi connectivity index (χ1v) is 5.17. The molecular formula is C10H13N5O2. The quantitative estimate of drug-likeness (QED) is 0.823. The highest BCUT2D eigenvalue weighted by Crippen LogP contribution is 2.09. The minimum absolute atomic E-state index is 0.282. The number of carbonyl (C=O) groups is 1. The van der Waals surface area contributed by atoms with Crippen molar-refractivity contribution in [2.75, 3.05) is 0 Å². The van der Waals surface area contributed by atoms with Crippen LogP contribution in [0.3, 0.4) is 0 Å². The molecule has 1 amide bonds. The van der Waals surface area contributed by atoms with Crippen molar-refractivity contribution < 1.29 is 9.21 Å². The zero-order valence-electron chi connectivity index (χ0n) is 9.81. The number of H-pyrrole nitrogens is 1. The molecule has 2 N–H and O–H groups in total. The molecule has 0 aromatic carbocycles. The van der Waals surface area contributed by atoms with E-state index >= 15 is 0 Å². The highest BCUT2D eigenvalue weighted by Gasteiger charge is 2.18. The molecule has 1 atom stereocenters. The smallest absolute Gasteiger partial charge is 0.274 e. The van der Waals surface area contributed by atoms with Crippen molar-refractivity contribution in [3.8, 4) is 0 Å². The van der Waals surface area contributed by atoms with E-state index in [-0.39, 0.29) is 17.6 Å². The van der Waals surface area contributed by atoms with Crippen LogP contribution >= 0.6 is 0 Å². The summed E-state index contributed by atoms with van der Waals surface area (Å²) in [6.45, 7) is 5.28. The summed E-state index contributed by atoms with van der Waals surface area (Å²) in [5.74, 6) is 1.43. The lowest BCUT2D eigenvalue weighted by Gasteiger charge is -2.08. The van der Waals surface area contributed by atoms with Crippen LogP contribution in [0, 0.1) is 13.8 Å². The van der Waals surface area contributed by atoms with Crippen LogP contribution in [0.25, 0.3) is 0 Å². The van der Waals surface area contributed by atoms with E-state index in [9.17, 15) is 4.79 Å².